The molecule has 1 saturated heterocycles. The van der Waals surface area contributed by atoms with Gasteiger partial charge in [-0.2, -0.15) is 0 Å². The first-order valence-corrected chi connectivity index (χ1v) is 8.91. The van der Waals surface area contributed by atoms with Gasteiger partial charge in [0.25, 0.3) is 5.91 Å². The van der Waals surface area contributed by atoms with E-state index in [1.54, 1.807) is 54.3 Å². The number of esters is 1. The maximum Gasteiger partial charge on any atom is 0.338 e. The third-order valence-electron chi connectivity index (χ3n) is 4.75. The maximum absolute atomic E-state index is 12.6. The standard InChI is InChI=1S/C21H22N2O4/c1-14-17(21(26)27-2)6-5-7-18(14)22-20(25)15-9-11-16(12-10-15)23-13-4-3-8-19(23)24/h5-7,9-12H,3-4,8,13H2,1-2H3,(H,22,25). The molecule has 0 spiro atoms. The van der Waals surface area contributed by atoms with Crippen molar-refractivity contribution in [1.29, 1.82) is 0 Å². The zero-order valence-electron chi connectivity index (χ0n) is 15.5. The van der Waals surface area contributed by atoms with E-state index in [0.29, 0.717) is 35.3 Å². The molecule has 1 N–H and O–H groups in total. The van der Waals surface area contributed by atoms with Gasteiger partial charge in [-0.1, -0.05) is 6.07 Å². The lowest BCUT2D eigenvalue weighted by Gasteiger charge is -2.26. The highest BCUT2D eigenvalue weighted by Gasteiger charge is 2.20. The number of benzene rings is 2. The number of hydrogen-bond acceptors (Lipinski definition) is 4. The molecule has 0 radical (unpaired) electrons. The molecular formula is C21H22N2O4. The number of methoxy groups -OCH3 is 1. The van der Waals surface area contributed by atoms with E-state index < -0.39 is 5.97 Å². The number of ether oxygens (including phenoxy) is 1. The molecule has 0 unspecified atom stereocenters. The number of hydrogen-bond donors (Lipinski definition) is 1. The van der Waals surface area contributed by atoms with E-state index in [4.69, 9.17) is 4.74 Å². The van der Waals surface area contributed by atoms with Gasteiger partial charge in [-0.15, -0.1) is 0 Å². The van der Waals surface area contributed by atoms with Crippen molar-refractivity contribution < 1.29 is 19.1 Å². The normalized spacial score (nSPS) is 14.0. The second kappa shape index (κ2) is 8.03. The van der Waals surface area contributed by atoms with Crippen LogP contribution in [0.2, 0.25) is 0 Å². The molecule has 0 atom stereocenters. The van der Waals surface area contributed by atoms with Gasteiger partial charge in [0.1, 0.15) is 0 Å². The Kier molecular flexibility index (Phi) is 5.54. The van der Waals surface area contributed by atoms with E-state index in [1.165, 1.54) is 7.11 Å². The van der Waals surface area contributed by atoms with Gasteiger partial charge >= 0.3 is 5.97 Å². The smallest absolute Gasteiger partial charge is 0.338 e. The number of nitrogens with one attached hydrogen (secondary N) is 1. The Bertz CT molecular complexity index is 874. The van der Waals surface area contributed by atoms with Crippen molar-refractivity contribution in [2.24, 2.45) is 0 Å². The Labute approximate surface area is 158 Å². The predicted octanol–water partition coefficient (Wildman–Crippen LogP) is 3.55. The van der Waals surface area contributed by atoms with E-state index >= 15 is 0 Å². The van der Waals surface area contributed by atoms with Gasteiger partial charge < -0.3 is 15.0 Å². The first kappa shape index (κ1) is 18.6. The van der Waals surface area contributed by atoms with Gasteiger partial charge in [0.05, 0.1) is 12.7 Å². The molecule has 2 aromatic rings. The summed E-state index contributed by atoms with van der Waals surface area (Å²) in [5.74, 6) is -0.607. The summed E-state index contributed by atoms with van der Waals surface area (Å²) in [6.07, 6.45) is 2.49. The first-order chi connectivity index (χ1) is 13.0. The Morgan fingerprint density at radius 2 is 1.81 bits per heavy atom. The Balaban J connectivity index is 1.75. The molecule has 0 aromatic heterocycles. The van der Waals surface area contributed by atoms with Gasteiger partial charge in [0.2, 0.25) is 5.91 Å². The molecule has 1 aliphatic heterocycles. The molecule has 140 valence electrons. The lowest BCUT2D eigenvalue weighted by Crippen LogP contribution is -2.35. The minimum Gasteiger partial charge on any atom is -0.465 e. The lowest BCUT2D eigenvalue weighted by molar-refractivity contribution is -0.119. The first-order valence-electron chi connectivity index (χ1n) is 8.91. The maximum atomic E-state index is 12.6. The van der Waals surface area contributed by atoms with Crippen molar-refractivity contribution in [3.63, 3.8) is 0 Å². The van der Waals surface area contributed by atoms with Crippen LogP contribution in [-0.2, 0) is 9.53 Å². The average Bonchev–Trinajstić information content (AvgIpc) is 2.69. The zero-order valence-corrected chi connectivity index (χ0v) is 15.5. The fourth-order valence-corrected chi connectivity index (χ4v) is 3.17. The summed E-state index contributed by atoms with van der Waals surface area (Å²) in [6.45, 7) is 2.47. The van der Waals surface area contributed by atoms with Crippen molar-refractivity contribution in [3.05, 3.63) is 59.2 Å². The SMILES string of the molecule is COC(=O)c1cccc(NC(=O)c2ccc(N3CCCCC3=O)cc2)c1C. The summed E-state index contributed by atoms with van der Waals surface area (Å²) < 4.78 is 4.76. The summed E-state index contributed by atoms with van der Waals surface area (Å²) in [7, 11) is 1.32. The quantitative estimate of drug-likeness (QED) is 0.840. The summed E-state index contributed by atoms with van der Waals surface area (Å²) in [6, 6.07) is 12.1. The monoisotopic (exact) mass is 366 g/mol. The molecule has 6 nitrogen and oxygen atoms in total. The zero-order chi connectivity index (χ0) is 19.4. The molecule has 27 heavy (non-hydrogen) atoms. The molecule has 1 aliphatic rings. The molecule has 0 saturated carbocycles. The van der Waals surface area contributed by atoms with E-state index in [9.17, 15) is 14.4 Å². The highest BCUT2D eigenvalue weighted by Crippen LogP contribution is 2.23. The third-order valence-corrected chi connectivity index (χ3v) is 4.75. The molecule has 2 amide bonds. The Morgan fingerprint density at radius 1 is 1.07 bits per heavy atom. The average molecular weight is 366 g/mol. The largest absolute Gasteiger partial charge is 0.465 e. The van der Waals surface area contributed by atoms with Crippen molar-refractivity contribution in [1.82, 2.24) is 0 Å². The van der Waals surface area contributed by atoms with Crippen LogP contribution in [-0.4, -0.2) is 31.4 Å². The highest BCUT2D eigenvalue weighted by atomic mass is 16.5. The van der Waals surface area contributed by atoms with E-state index in [0.717, 1.165) is 18.5 Å². The van der Waals surface area contributed by atoms with Crippen LogP contribution in [0.5, 0.6) is 0 Å². The number of piperidine rings is 1. The molecule has 0 bridgehead atoms. The van der Waals surface area contributed by atoms with E-state index in [1.807, 2.05) is 0 Å². The molecular weight excluding hydrogens is 344 g/mol. The molecule has 1 fully saturated rings. The van der Waals surface area contributed by atoms with E-state index in [-0.39, 0.29) is 11.8 Å². The Morgan fingerprint density at radius 3 is 2.48 bits per heavy atom. The van der Waals surface area contributed by atoms with Gasteiger partial charge in [0, 0.05) is 29.9 Å². The van der Waals surface area contributed by atoms with Crippen LogP contribution >= 0.6 is 0 Å². The predicted molar refractivity (Wildman–Crippen MR) is 103 cm³/mol. The van der Waals surface area contributed by atoms with Gasteiger partial charge in [-0.3, -0.25) is 9.59 Å². The van der Waals surface area contributed by atoms with Crippen LogP contribution < -0.4 is 10.2 Å². The second-order valence-corrected chi connectivity index (χ2v) is 6.47. The lowest BCUT2D eigenvalue weighted by atomic mass is 10.1. The summed E-state index contributed by atoms with van der Waals surface area (Å²) in [4.78, 5) is 38.1. The molecule has 1 heterocycles. The number of nitrogens with zero attached hydrogens (tertiary/aromatic N) is 1. The van der Waals surface area contributed by atoms with Crippen LogP contribution in [0.15, 0.2) is 42.5 Å². The molecule has 6 heteroatoms. The second-order valence-electron chi connectivity index (χ2n) is 6.47. The fraction of sp³-hybridized carbons (Fsp3) is 0.286. The number of rotatable bonds is 4. The number of anilines is 2. The summed E-state index contributed by atoms with van der Waals surface area (Å²) in [5.41, 5.74) is 2.90. The number of carbonyl (C=O) groups is 3. The third kappa shape index (κ3) is 4.00. The minimum absolute atomic E-state index is 0.119. The molecule has 3 rings (SSSR count). The van der Waals surface area contributed by atoms with Crippen LogP contribution in [0, 0.1) is 6.92 Å². The van der Waals surface area contributed by atoms with Crippen LogP contribution in [0.1, 0.15) is 45.5 Å². The van der Waals surface area contributed by atoms with Crippen LogP contribution in [0.4, 0.5) is 11.4 Å². The summed E-state index contributed by atoms with van der Waals surface area (Å²) >= 11 is 0. The van der Waals surface area contributed by atoms with Crippen LogP contribution in [0.3, 0.4) is 0 Å². The number of carbonyl (C=O) groups excluding carboxylic acids is 3. The van der Waals surface area contributed by atoms with Crippen LogP contribution in [0.25, 0.3) is 0 Å². The molecule has 2 aromatic carbocycles. The van der Waals surface area contributed by atoms with Crippen molar-refractivity contribution in [2.45, 2.75) is 26.2 Å². The van der Waals surface area contributed by atoms with Crippen molar-refractivity contribution in [3.8, 4) is 0 Å². The topological polar surface area (TPSA) is 75.7 Å². The van der Waals surface area contributed by atoms with Gasteiger partial charge in [-0.05, 0) is 61.7 Å². The molecule has 0 aliphatic carbocycles. The van der Waals surface area contributed by atoms with Gasteiger partial charge in [0.15, 0.2) is 0 Å². The van der Waals surface area contributed by atoms with Crippen molar-refractivity contribution in [2.75, 3.05) is 23.9 Å². The Hall–Kier alpha value is -3.15. The number of amides is 2. The minimum atomic E-state index is -0.445. The van der Waals surface area contributed by atoms with Crippen molar-refractivity contribution >= 4 is 29.2 Å². The van der Waals surface area contributed by atoms with Gasteiger partial charge in [-0.25, -0.2) is 4.79 Å². The fourth-order valence-electron chi connectivity index (χ4n) is 3.17. The van der Waals surface area contributed by atoms with E-state index in [2.05, 4.69) is 5.32 Å². The highest BCUT2D eigenvalue weighted by molar-refractivity contribution is 6.06. The summed E-state index contributed by atoms with van der Waals surface area (Å²) in [5, 5.41) is 2.83.